The van der Waals surface area contributed by atoms with E-state index in [2.05, 4.69) is 0 Å². The maximum absolute atomic E-state index is 13.5. The number of phenols is 2. The molecule has 0 spiro atoms. The smallest absolute Gasteiger partial charge is 0.303 e. The van der Waals surface area contributed by atoms with Gasteiger partial charge in [0.15, 0.2) is 36.2 Å². The second-order valence-electron chi connectivity index (χ2n) is 11.1. The van der Waals surface area contributed by atoms with E-state index in [1.54, 1.807) is 12.1 Å². The molecule has 0 bridgehead atoms. The molecule has 1 aliphatic heterocycles. The van der Waals surface area contributed by atoms with Crippen molar-refractivity contribution in [1.82, 2.24) is 0 Å². The fraction of sp³-hybridized carbons (Fsp3) is 0.438. The number of esters is 4. The quantitative estimate of drug-likeness (QED) is 0.217. The Kier molecular flexibility index (Phi) is 9.13. The van der Waals surface area contributed by atoms with Crippen LogP contribution in [0.5, 0.6) is 11.5 Å². The Hall–Kier alpha value is -4.82. The number of hydrogen-bond donors (Lipinski definition) is 2. The van der Waals surface area contributed by atoms with E-state index in [0.717, 1.165) is 27.7 Å². The van der Waals surface area contributed by atoms with E-state index < -0.39 is 90.4 Å². The molecule has 0 saturated carbocycles. The number of hydrogen-bond acceptors (Lipinski definition) is 14. The maximum Gasteiger partial charge on any atom is 0.303 e. The monoisotopic (exact) mass is 640 g/mol. The van der Waals surface area contributed by atoms with Crippen LogP contribution in [-0.2, 0) is 54.0 Å². The summed E-state index contributed by atoms with van der Waals surface area (Å²) >= 11 is 0. The van der Waals surface area contributed by atoms with E-state index in [9.17, 15) is 39.0 Å². The van der Waals surface area contributed by atoms with Crippen molar-refractivity contribution >= 4 is 35.4 Å². The third-order valence-electron chi connectivity index (χ3n) is 7.92. The third kappa shape index (κ3) is 6.05. The van der Waals surface area contributed by atoms with Crippen LogP contribution in [0.3, 0.4) is 0 Å². The minimum Gasteiger partial charge on any atom is -0.507 e. The van der Waals surface area contributed by atoms with Crippen LogP contribution in [0.25, 0.3) is 0 Å². The van der Waals surface area contributed by atoms with Crippen LogP contribution in [0, 0.1) is 0 Å². The summed E-state index contributed by atoms with van der Waals surface area (Å²) in [6.07, 6.45) is -7.56. The number of ketones is 2. The number of rotatable bonds is 7. The second kappa shape index (κ2) is 12.9. The van der Waals surface area contributed by atoms with Gasteiger partial charge in [-0.1, -0.05) is 24.3 Å². The van der Waals surface area contributed by atoms with Gasteiger partial charge in [0.2, 0.25) is 0 Å². The Labute approximate surface area is 262 Å². The van der Waals surface area contributed by atoms with Gasteiger partial charge in [0.1, 0.15) is 24.2 Å². The van der Waals surface area contributed by atoms with Crippen molar-refractivity contribution < 1.29 is 67.4 Å². The van der Waals surface area contributed by atoms with Gasteiger partial charge in [-0.25, -0.2) is 0 Å². The molecule has 14 nitrogen and oxygen atoms in total. The van der Waals surface area contributed by atoms with Crippen molar-refractivity contribution in [2.45, 2.75) is 83.8 Å². The van der Waals surface area contributed by atoms with E-state index in [1.807, 2.05) is 0 Å². The van der Waals surface area contributed by atoms with E-state index in [-0.39, 0.29) is 46.2 Å². The fourth-order valence-corrected chi connectivity index (χ4v) is 6.19. The molecule has 0 radical (unpaired) electrons. The van der Waals surface area contributed by atoms with Crippen molar-refractivity contribution in [2.24, 2.45) is 0 Å². The van der Waals surface area contributed by atoms with Gasteiger partial charge in [-0.3, -0.25) is 28.8 Å². The number of phenolic OH excluding ortho intramolecular Hbond substituents is 2. The lowest BCUT2D eigenvalue weighted by Crippen LogP contribution is -2.63. The molecule has 2 aliphatic carbocycles. The highest BCUT2D eigenvalue weighted by molar-refractivity contribution is 6.30. The van der Waals surface area contributed by atoms with E-state index in [0.29, 0.717) is 6.42 Å². The molecule has 2 aromatic carbocycles. The molecule has 1 heterocycles. The van der Waals surface area contributed by atoms with Gasteiger partial charge in [-0.2, -0.15) is 0 Å². The molecule has 0 unspecified atom stereocenters. The number of ether oxygens (including phenoxy) is 6. The summed E-state index contributed by atoms with van der Waals surface area (Å²) in [4.78, 5) is 75.1. The van der Waals surface area contributed by atoms with E-state index in [4.69, 9.17) is 28.4 Å². The van der Waals surface area contributed by atoms with Crippen LogP contribution in [-0.4, -0.2) is 83.0 Å². The van der Waals surface area contributed by atoms with Crippen molar-refractivity contribution in [3.05, 3.63) is 57.6 Å². The fourth-order valence-electron chi connectivity index (χ4n) is 6.19. The molecular formula is C32H32O14. The van der Waals surface area contributed by atoms with Gasteiger partial charge in [0.05, 0.1) is 17.2 Å². The molecule has 0 amide bonds. The highest BCUT2D eigenvalue weighted by Crippen LogP contribution is 2.50. The summed E-state index contributed by atoms with van der Waals surface area (Å²) in [5.74, 6) is -5.47. The topological polar surface area (TPSA) is 198 Å². The zero-order chi connectivity index (χ0) is 33.4. The number of aromatic hydroxyl groups is 2. The molecule has 1 fully saturated rings. The lowest BCUT2D eigenvalue weighted by Gasteiger charge is -2.45. The lowest BCUT2D eigenvalue weighted by atomic mass is 9.77. The van der Waals surface area contributed by atoms with Crippen LogP contribution in [0.2, 0.25) is 0 Å². The molecule has 244 valence electrons. The Morgan fingerprint density at radius 1 is 0.783 bits per heavy atom. The Morgan fingerprint density at radius 2 is 1.33 bits per heavy atom. The highest BCUT2D eigenvalue weighted by Gasteiger charge is 2.54. The number of fused-ring (bicyclic) bond motifs is 3. The first-order chi connectivity index (χ1) is 21.8. The predicted octanol–water partition coefficient (Wildman–Crippen LogP) is 2.35. The zero-order valence-electron chi connectivity index (χ0n) is 25.4. The van der Waals surface area contributed by atoms with Crippen LogP contribution in [0.1, 0.15) is 89.6 Å². The Balaban J connectivity index is 1.58. The first-order valence-electron chi connectivity index (χ1n) is 14.5. The lowest BCUT2D eigenvalue weighted by molar-refractivity contribution is -0.318. The Bertz CT molecular complexity index is 1630. The van der Waals surface area contributed by atoms with Crippen molar-refractivity contribution in [3.63, 3.8) is 0 Å². The largest absolute Gasteiger partial charge is 0.507 e. The second-order valence-corrected chi connectivity index (χ2v) is 11.1. The van der Waals surface area contributed by atoms with Crippen LogP contribution in [0.15, 0.2) is 24.3 Å². The van der Waals surface area contributed by atoms with Crippen LogP contribution < -0.4 is 0 Å². The summed E-state index contributed by atoms with van der Waals surface area (Å²) in [5.41, 5.74) is -0.335. The maximum atomic E-state index is 13.5. The van der Waals surface area contributed by atoms with Crippen molar-refractivity contribution in [3.8, 4) is 11.5 Å². The van der Waals surface area contributed by atoms with Gasteiger partial charge < -0.3 is 38.6 Å². The molecule has 3 aliphatic rings. The predicted molar refractivity (Wildman–Crippen MR) is 152 cm³/mol. The minimum atomic E-state index is -1.58. The molecule has 6 atom stereocenters. The first-order valence-corrected chi connectivity index (χ1v) is 14.5. The average molecular weight is 641 g/mol. The number of carbonyl (C=O) groups is 6. The number of carbonyl (C=O) groups excluding carboxylic acids is 6. The number of benzene rings is 2. The Morgan fingerprint density at radius 3 is 1.89 bits per heavy atom. The molecular weight excluding hydrogens is 608 g/mol. The van der Waals surface area contributed by atoms with Gasteiger partial charge in [-0.05, 0) is 19.3 Å². The van der Waals surface area contributed by atoms with Crippen LogP contribution in [0.4, 0.5) is 0 Å². The summed E-state index contributed by atoms with van der Waals surface area (Å²) in [6, 6.07) is 6.06. The highest BCUT2D eigenvalue weighted by atomic mass is 16.7. The van der Waals surface area contributed by atoms with Crippen LogP contribution >= 0.6 is 0 Å². The van der Waals surface area contributed by atoms with Gasteiger partial charge in [0.25, 0.3) is 0 Å². The van der Waals surface area contributed by atoms with Crippen molar-refractivity contribution in [2.75, 3.05) is 6.61 Å². The summed E-state index contributed by atoms with van der Waals surface area (Å²) < 4.78 is 33.8. The molecule has 2 N–H and O–H groups in total. The average Bonchev–Trinajstić information content (AvgIpc) is 2.99. The third-order valence-corrected chi connectivity index (χ3v) is 7.92. The summed E-state index contributed by atoms with van der Waals surface area (Å²) in [6.45, 7) is 3.92. The van der Waals surface area contributed by atoms with Crippen molar-refractivity contribution in [1.29, 1.82) is 0 Å². The van der Waals surface area contributed by atoms with E-state index in [1.165, 1.54) is 12.1 Å². The SMILES string of the molecule is CC(=O)OC[C@H]1O[C@@H](O[C@@H]2CCCc3c(O)c4c(c(O)c32)C(=O)c2ccccc2C4=O)[C@@H](OC(C)=O)[C@@H](OC(C)=O)[C@H]1OC(C)=O. The van der Waals surface area contributed by atoms with E-state index >= 15 is 0 Å². The standard InChI is InChI=1S/C32H32O14/c1-13(33)41-12-21-29(42-14(2)34)30(43-15(3)35)31(44-16(4)36)32(46-21)45-20-11-7-10-19-22(20)28(40)24-23(27(19)39)25(37)17-8-5-6-9-18(17)26(24)38/h5-6,8-9,20-21,29-32,39-40H,7,10-12H2,1-4H3/t20-,21-,29+,30+,31+,32-/m1/s1. The summed E-state index contributed by atoms with van der Waals surface area (Å²) in [5, 5.41) is 22.9. The molecule has 1 saturated heterocycles. The molecule has 2 aromatic rings. The minimum absolute atomic E-state index is 0.0240. The first kappa shape index (κ1) is 32.6. The molecule has 46 heavy (non-hydrogen) atoms. The molecule has 14 heteroatoms. The normalized spacial score (nSPS) is 25.0. The molecule has 0 aromatic heterocycles. The van der Waals surface area contributed by atoms with Gasteiger partial charge in [-0.15, -0.1) is 0 Å². The van der Waals surface area contributed by atoms with Gasteiger partial charge in [0, 0.05) is 49.9 Å². The zero-order valence-corrected chi connectivity index (χ0v) is 25.4. The van der Waals surface area contributed by atoms with Gasteiger partial charge >= 0.3 is 23.9 Å². The summed E-state index contributed by atoms with van der Waals surface area (Å²) in [7, 11) is 0. The molecule has 5 rings (SSSR count).